The van der Waals surface area contributed by atoms with Gasteiger partial charge in [0.2, 0.25) is 0 Å². The smallest absolute Gasteiger partial charge is 0.306 e. The van der Waals surface area contributed by atoms with Crippen LogP contribution in [-0.4, -0.2) is 47.4 Å². The van der Waals surface area contributed by atoms with Crippen molar-refractivity contribution in [3.63, 3.8) is 0 Å². The second-order valence-electron chi connectivity index (χ2n) is 5.92. The van der Waals surface area contributed by atoms with E-state index in [0.717, 1.165) is 0 Å². The first-order valence-electron chi connectivity index (χ1n) is 7.63. The monoisotopic (exact) mass is 319 g/mol. The number of Topliss-reactive ketones (excluding diaryl/α,β-unsaturated/α-hetero) is 1. The summed E-state index contributed by atoms with van der Waals surface area (Å²) in [6.07, 6.45) is 0.460. The number of piperidine rings is 1. The number of hydrogen-bond donors (Lipinski definition) is 1. The highest BCUT2D eigenvalue weighted by atomic mass is 16.5. The molecule has 1 aromatic carbocycles. The van der Waals surface area contributed by atoms with Crippen LogP contribution in [0.2, 0.25) is 0 Å². The Morgan fingerprint density at radius 1 is 1.35 bits per heavy atom. The number of ketones is 1. The first-order valence-corrected chi connectivity index (χ1v) is 7.63. The molecule has 6 heteroatoms. The molecule has 6 nitrogen and oxygen atoms in total. The minimum Gasteiger partial charge on any atom is -0.484 e. The number of amides is 1. The van der Waals surface area contributed by atoms with Crippen molar-refractivity contribution in [2.75, 3.05) is 19.7 Å². The largest absolute Gasteiger partial charge is 0.484 e. The summed E-state index contributed by atoms with van der Waals surface area (Å²) in [4.78, 5) is 36.2. The van der Waals surface area contributed by atoms with E-state index in [1.165, 1.54) is 6.92 Å². The molecule has 0 bridgehead atoms. The molecule has 0 aromatic heterocycles. The Morgan fingerprint density at radius 3 is 2.70 bits per heavy atom. The van der Waals surface area contributed by atoms with Crippen molar-refractivity contribution in [1.82, 2.24) is 4.90 Å². The zero-order valence-electron chi connectivity index (χ0n) is 13.3. The van der Waals surface area contributed by atoms with Crippen molar-refractivity contribution in [2.24, 2.45) is 11.8 Å². The first-order chi connectivity index (χ1) is 10.9. The van der Waals surface area contributed by atoms with Crippen LogP contribution in [0.5, 0.6) is 5.75 Å². The van der Waals surface area contributed by atoms with E-state index in [1.807, 2.05) is 6.92 Å². The Labute approximate surface area is 135 Å². The average molecular weight is 319 g/mol. The normalized spacial score (nSPS) is 20.9. The standard InChI is InChI=1S/C17H21NO5/c1-11-9-18(7-6-15(11)17(21)22)16(20)10-23-14-5-3-4-13(8-14)12(2)19/h3-5,8,11,15H,6-7,9-10H2,1-2H3,(H,21,22). The maximum atomic E-state index is 12.2. The lowest BCUT2D eigenvalue weighted by molar-refractivity contribution is -0.148. The number of rotatable bonds is 5. The molecule has 124 valence electrons. The molecule has 1 heterocycles. The predicted octanol–water partition coefficient (Wildman–Crippen LogP) is 1.84. The van der Waals surface area contributed by atoms with Gasteiger partial charge in [0, 0.05) is 18.7 Å². The minimum absolute atomic E-state index is 0.0636. The molecular weight excluding hydrogens is 298 g/mol. The first kappa shape index (κ1) is 17.0. The molecule has 2 atom stereocenters. The molecule has 1 aromatic rings. The lowest BCUT2D eigenvalue weighted by Gasteiger charge is -2.34. The summed E-state index contributed by atoms with van der Waals surface area (Å²) >= 11 is 0. The van der Waals surface area contributed by atoms with Gasteiger partial charge in [-0.1, -0.05) is 19.1 Å². The number of hydrogen-bond acceptors (Lipinski definition) is 4. The lowest BCUT2D eigenvalue weighted by Crippen LogP contribution is -2.46. The number of ether oxygens (including phenoxy) is 1. The second-order valence-corrected chi connectivity index (χ2v) is 5.92. The van der Waals surface area contributed by atoms with Crippen LogP contribution < -0.4 is 4.74 Å². The van der Waals surface area contributed by atoms with Crippen molar-refractivity contribution in [2.45, 2.75) is 20.3 Å². The zero-order valence-corrected chi connectivity index (χ0v) is 13.3. The highest BCUT2D eigenvalue weighted by molar-refractivity contribution is 5.94. The summed E-state index contributed by atoms with van der Waals surface area (Å²) in [5.74, 6) is -1.04. The molecule has 1 saturated heterocycles. The number of carboxylic acids is 1. The van der Waals surface area contributed by atoms with Gasteiger partial charge < -0.3 is 14.7 Å². The molecular formula is C17H21NO5. The highest BCUT2D eigenvalue weighted by Crippen LogP contribution is 2.23. The Hall–Kier alpha value is -2.37. The maximum Gasteiger partial charge on any atom is 0.306 e. The summed E-state index contributed by atoms with van der Waals surface area (Å²) in [6.45, 7) is 4.04. The average Bonchev–Trinajstić information content (AvgIpc) is 2.52. The Balaban J connectivity index is 1.89. The zero-order chi connectivity index (χ0) is 17.0. The van der Waals surface area contributed by atoms with E-state index in [4.69, 9.17) is 9.84 Å². The van der Waals surface area contributed by atoms with Crippen LogP contribution in [0, 0.1) is 11.8 Å². The molecule has 0 aliphatic carbocycles. The van der Waals surface area contributed by atoms with Gasteiger partial charge in [0.25, 0.3) is 5.91 Å². The van der Waals surface area contributed by atoms with Gasteiger partial charge in [-0.3, -0.25) is 14.4 Å². The van der Waals surface area contributed by atoms with Crippen LogP contribution in [0.25, 0.3) is 0 Å². The van der Waals surface area contributed by atoms with Crippen LogP contribution in [0.15, 0.2) is 24.3 Å². The number of nitrogens with zero attached hydrogens (tertiary/aromatic N) is 1. The van der Waals surface area contributed by atoms with Gasteiger partial charge in [0.15, 0.2) is 12.4 Å². The van der Waals surface area contributed by atoms with Crippen LogP contribution in [-0.2, 0) is 9.59 Å². The fraction of sp³-hybridized carbons (Fsp3) is 0.471. The number of benzene rings is 1. The van der Waals surface area contributed by atoms with Gasteiger partial charge in [-0.2, -0.15) is 0 Å². The maximum absolute atomic E-state index is 12.2. The third kappa shape index (κ3) is 4.31. The number of carbonyl (C=O) groups excluding carboxylic acids is 2. The predicted molar refractivity (Wildman–Crippen MR) is 83.4 cm³/mol. The molecule has 1 amide bonds. The van der Waals surface area contributed by atoms with Crippen molar-refractivity contribution < 1.29 is 24.2 Å². The second kappa shape index (κ2) is 7.26. The van der Waals surface area contributed by atoms with E-state index in [2.05, 4.69) is 0 Å². The molecule has 0 spiro atoms. The molecule has 1 N–H and O–H groups in total. The number of carbonyl (C=O) groups is 3. The van der Waals surface area contributed by atoms with Gasteiger partial charge in [-0.05, 0) is 31.4 Å². The van der Waals surface area contributed by atoms with E-state index in [-0.39, 0.29) is 24.2 Å². The molecule has 0 saturated carbocycles. The molecule has 1 aliphatic heterocycles. The third-order valence-corrected chi connectivity index (χ3v) is 4.18. The van der Waals surface area contributed by atoms with Crippen molar-refractivity contribution >= 4 is 17.7 Å². The topological polar surface area (TPSA) is 83.9 Å². The van der Waals surface area contributed by atoms with E-state index in [1.54, 1.807) is 29.2 Å². The van der Waals surface area contributed by atoms with E-state index in [0.29, 0.717) is 30.8 Å². The molecule has 0 radical (unpaired) electrons. The Kier molecular flexibility index (Phi) is 5.36. The van der Waals surface area contributed by atoms with Crippen LogP contribution >= 0.6 is 0 Å². The third-order valence-electron chi connectivity index (χ3n) is 4.18. The van der Waals surface area contributed by atoms with Crippen molar-refractivity contribution in [1.29, 1.82) is 0 Å². The van der Waals surface area contributed by atoms with Crippen LogP contribution in [0.4, 0.5) is 0 Å². The van der Waals surface area contributed by atoms with Gasteiger partial charge in [0.1, 0.15) is 5.75 Å². The summed E-state index contributed by atoms with van der Waals surface area (Å²) in [5, 5.41) is 9.10. The summed E-state index contributed by atoms with van der Waals surface area (Å²) in [5.41, 5.74) is 0.533. The quantitative estimate of drug-likeness (QED) is 0.837. The highest BCUT2D eigenvalue weighted by Gasteiger charge is 2.32. The van der Waals surface area contributed by atoms with Gasteiger partial charge >= 0.3 is 5.97 Å². The van der Waals surface area contributed by atoms with Crippen LogP contribution in [0.3, 0.4) is 0 Å². The Bertz CT molecular complexity index is 613. The number of carboxylic acid groups (broad SMARTS) is 1. The van der Waals surface area contributed by atoms with Crippen molar-refractivity contribution in [3.05, 3.63) is 29.8 Å². The van der Waals surface area contributed by atoms with Crippen LogP contribution in [0.1, 0.15) is 30.6 Å². The Morgan fingerprint density at radius 2 is 2.09 bits per heavy atom. The fourth-order valence-electron chi connectivity index (χ4n) is 2.78. The fourth-order valence-corrected chi connectivity index (χ4v) is 2.78. The molecule has 2 unspecified atom stereocenters. The minimum atomic E-state index is -0.804. The summed E-state index contributed by atoms with van der Waals surface area (Å²) in [7, 11) is 0. The van der Waals surface area contributed by atoms with Gasteiger partial charge in [-0.25, -0.2) is 0 Å². The van der Waals surface area contributed by atoms with E-state index < -0.39 is 11.9 Å². The van der Waals surface area contributed by atoms with Crippen molar-refractivity contribution in [3.8, 4) is 5.75 Å². The van der Waals surface area contributed by atoms with Gasteiger partial charge in [0.05, 0.1) is 5.92 Å². The number of likely N-dealkylation sites (tertiary alicyclic amines) is 1. The molecule has 2 rings (SSSR count). The van der Waals surface area contributed by atoms with E-state index in [9.17, 15) is 14.4 Å². The number of aliphatic carboxylic acids is 1. The molecule has 1 aliphatic rings. The summed E-state index contributed by atoms with van der Waals surface area (Å²) in [6, 6.07) is 6.69. The van der Waals surface area contributed by atoms with Gasteiger partial charge in [-0.15, -0.1) is 0 Å². The summed E-state index contributed by atoms with van der Waals surface area (Å²) < 4.78 is 5.46. The SMILES string of the molecule is CC(=O)c1cccc(OCC(=O)N2CCC(C(=O)O)C(C)C2)c1. The molecule has 1 fully saturated rings. The van der Waals surface area contributed by atoms with E-state index >= 15 is 0 Å². The molecule has 23 heavy (non-hydrogen) atoms. The lowest BCUT2D eigenvalue weighted by atomic mass is 9.87.